The van der Waals surface area contributed by atoms with Crippen molar-refractivity contribution in [2.75, 3.05) is 12.4 Å². The molecular weight excluding hydrogens is 592 g/mol. The largest absolute Gasteiger partial charge is 0.373 e. The van der Waals surface area contributed by atoms with Crippen LogP contribution in [0.1, 0.15) is 22.3 Å². The molecule has 0 unspecified atom stereocenters. The highest BCUT2D eigenvalue weighted by molar-refractivity contribution is 9.10. The third-order valence-electron chi connectivity index (χ3n) is 7.11. The Bertz CT molecular complexity index is 1750. The van der Waals surface area contributed by atoms with Gasteiger partial charge >= 0.3 is 0 Å². The van der Waals surface area contributed by atoms with Crippen molar-refractivity contribution in [3.63, 3.8) is 0 Å². The van der Waals surface area contributed by atoms with Crippen LogP contribution in [-0.2, 0) is 11.3 Å². The Labute approximate surface area is 251 Å². The van der Waals surface area contributed by atoms with Crippen LogP contribution in [0, 0.1) is 6.57 Å². The smallest absolute Gasteiger partial charge is 0.192 e. The van der Waals surface area contributed by atoms with E-state index in [4.69, 9.17) is 21.9 Å². The van der Waals surface area contributed by atoms with E-state index in [2.05, 4.69) is 98.9 Å². The summed E-state index contributed by atoms with van der Waals surface area (Å²) in [5.74, 6) is 1.30. The number of hydrogen-bond acceptors (Lipinski definition) is 5. The maximum Gasteiger partial charge on any atom is 0.192 e. The van der Waals surface area contributed by atoms with Crippen molar-refractivity contribution in [1.82, 2.24) is 20.0 Å². The standard InChI is InChI=1S/C33H25BrN6S/c1-35-28-20-12-19-27(34)26(28)22-41-29-21-30(36-2)37-32-31(29)38-39-40(32)33(23-13-6-3-7-14-23,24-15-8-4-9-16-24)25-17-10-5-11-18-25/h3-21H,22H2,2H3,(H,36,37). The maximum absolute atomic E-state index is 7.63. The number of aromatic nitrogens is 4. The topological polar surface area (TPSA) is 60.0 Å². The van der Waals surface area contributed by atoms with Crippen molar-refractivity contribution in [3.05, 3.63) is 153 Å². The van der Waals surface area contributed by atoms with E-state index >= 15 is 0 Å². The Balaban J connectivity index is 1.61. The fourth-order valence-corrected chi connectivity index (χ4v) is 6.94. The number of rotatable bonds is 8. The van der Waals surface area contributed by atoms with Crippen LogP contribution < -0.4 is 5.32 Å². The van der Waals surface area contributed by atoms with E-state index in [0.29, 0.717) is 28.4 Å². The summed E-state index contributed by atoms with van der Waals surface area (Å²) in [6, 6.07) is 38.8. The summed E-state index contributed by atoms with van der Waals surface area (Å²) >= 11 is 5.25. The Morgan fingerprint density at radius 1 is 0.854 bits per heavy atom. The van der Waals surface area contributed by atoms with Crippen molar-refractivity contribution >= 4 is 50.4 Å². The van der Waals surface area contributed by atoms with Gasteiger partial charge < -0.3 is 5.32 Å². The molecule has 0 aliphatic rings. The number of fused-ring (bicyclic) bond motifs is 1. The molecule has 0 amide bonds. The molecule has 1 N–H and O–H groups in total. The van der Waals surface area contributed by atoms with Gasteiger partial charge in [0.05, 0.1) is 6.57 Å². The molecule has 6 aromatic rings. The minimum Gasteiger partial charge on any atom is -0.373 e. The molecule has 0 atom stereocenters. The molecule has 0 fully saturated rings. The normalized spacial score (nSPS) is 11.3. The van der Waals surface area contributed by atoms with Crippen molar-refractivity contribution < 1.29 is 0 Å². The first kappa shape index (κ1) is 26.8. The lowest BCUT2D eigenvalue weighted by Crippen LogP contribution is -2.38. The molecule has 0 aliphatic heterocycles. The van der Waals surface area contributed by atoms with Gasteiger partial charge in [0.2, 0.25) is 0 Å². The zero-order valence-corrected chi connectivity index (χ0v) is 24.6. The van der Waals surface area contributed by atoms with Gasteiger partial charge in [0, 0.05) is 22.2 Å². The van der Waals surface area contributed by atoms with Crippen LogP contribution in [0.4, 0.5) is 11.5 Å². The molecule has 0 spiro atoms. The number of pyridine rings is 1. The number of benzene rings is 4. The average Bonchev–Trinajstić information content (AvgIpc) is 3.46. The van der Waals surface area contributed by atoms with E-state index in [0.717, 1.165) is 31.6 Å². The van der Waals surface area contributed by atoms with Gasteiger partial charge in [-0.1, -0.05) is 130 Å². The number of nitrogens with zero attached hydrogens (tertiary/aromatic N) is 5. The van der Waals surface area contributed by atoms with Crippen LogP contribution in [0.3, 0.4) is 0 Å². The summed E-state index contributed by atoms with van der Waals surface area (Å²) in [6.07, 6.45) is 0. The van der Waals surface area contributed by atoms with Gasteiger partial charge in [0.25, 0.3) is 0 Å². The lowest BCUT2D eigenvalue weighted by atomic mass is 9.77. The third-order valence-corrected chi connectivity index (χ3v) is 8.91. The number of halogens is 1. The SMILES string of the molecule is [C-]#[N+]c1cccc(Br)c1CSc1cc(NC)nc2c1nnn2C(c1ccccc1)(c1ccccc1)c1ccccc1. The molecule has 200 valence electrons. The highest BCUT2D eigenvalue weighted by Gasteiger charge is 2.41. The fourth-order valence-electron chi connectivity index (χ4n) is 5.19. The van der Waals surface area contributed by atoms with E-state index in [1.807, 2.05) is 54.2 Å². The first-order valence-electron chi connectivity index (χ1n) is 13.1. The van der Waals surface area contributed by atoms with Crippen LogP contribution in [0.2, 0.25) is 0 Å². The van der Waals surface area contributed by atoms with Gasteiger partial charge in [-0.25, -0.2) is 14.5 Å². The van der Waals surface area contributed by atoms with Gasteiger partial charge in [0.1, 0.15) is 16.9 Å². The number of nitrogens with one attached hydrogen (secondary N) is 1. The Hall–Kier alpha value is -4.45. The zero-order chi connectivity index (χ0) is 28.2. The Morgan fingerprint density at radius 2 is 1.44 bits per heavy atom. The summed E-state index contributed by atoms with van der Waals surface area (Å²) in [7, 11) is 1.86. The molecule has 4 aromatic carbocycles. The van der Waals surface area contributed by atoms with Crippen LogP contribution in [0.25, 0.3) is 16.0 Å². The molecule has 2 aromatic heterocycles. The lowest BCUT2D eigenvalue weighted by Gasteiger charge is -2.36. The molecule has 6 rings (SSSR count). The van der Waals surface area contributed by atoms with Crippen molar-refractivity contribution in [2.45, 2.75) is 16.2 Å². The van der Waals surface area contributed by atoms with E-state index in [1.54, 1.807) is 11.8 Å². The molecule has 41 heavy (non-hydrogen) atoms. The number of anilines is 1. The maximum atomic E-state index is 7.63. The van der Waals surface area contributed by atoms with Gasteiger partial charge in [-0.15, -0.1) is 16.9 Å². The molecule has 0 aliphatic carbocycles. The van der Waals surface area contributed by atoms with Gasteiger partial charge in [-0.05, 0) is 28.3 Å². The molecule has 0 radical (unpaired) electrons. The van der Waals surface area contributed by atoms with Gasteiger partial charge in [-0.3, -0.25) is 0 Å². The predicted octanol–water partition coefficient (Wildman–Crippen LogP) is 8.31. The van der Waals surface area contributed by atoms with Crippen LogP contribution in [-0.4, -0.2) is 27.0 Å². The average molecular weight is 618 g/mol. The van der Waals surface area contributed by atoms with Crippen LogP contribution >= 0.6 is 27.7 Å². The van der Waals surface area contributed by atoms with E-state index in [-0.39, 0.29) is 0 Å². The monoisotopic (exact) mass is 616 g/mol. The Kier molecular flexibility index (Phi) is 7.55. The summed E-state index contributed by atoms with van der Waals surface area (Å²) in [4.78, 5) is 9.68. The third kappa shape index (κ3) is 4.77. The minimum atomic E-state index is -0.834. The lowest BCUT2D eigenvalue weighted by molar-refractivity contribution is 0.458. The number of hydrogen-bond donors (Lipinski definition) is 1. The second-order valence-electron chi connectivity index (χ2n) is 9.38. The highest BCUT2D eigenvalue weighted by Crippen LogP contribution is 2.43. The predicted molar refractivity (Wildman–Crippen MR) is 169 cm³/mol. The first-order valence-corrected chi connectivity index (χ1v) is 14.8. The van der Waals surface area contributed by atoms with Crippen molar-refractivity contribution in [3.8, 4) is 0 Å². The molecular formula is C33H25BrN6S. The summed E-state index contributed by atoms with van der Waals surface area (Å²) < 4.78 is 2.87. The minimum absolute atomic E-state index is 0.593. The molecule has 0 bridgehead atoms. The molecule has 0 saturated heterocycles. The fraction of sp³-hybridized carbons (Fsp3) is 0.0909. The van der Waals surface area contributed by atoms with Crippen molar-refractivity contribution in [1.29, 1.82) is 0 Å². The van der Waals surface area contributed by atoms with Gasteiger partial charge in [-0.2, -0.15) is 0 Å². The van der Waals surface area contributed by atoms with Crippen LogP contribution in [0.5, 0.6) is 0 Å². The molecule has 2 heterocycles. The molecule has 8 heteroatoms. The summed E-state index contributed by atoms with van der Waals surface area (Å²) in [6.45, 7) is 7.63. The first-order chi connectivity index (χ1) is 20.2. The van der Waals surface area contributed by atoms with Crippen LogP contribution in [0.15, 0.2) is 125 Å². The van der Waals surface area contributed by atoms with E-state index in [1.165, 1.54) is 0 Å². The van der Waals surface area contributed by atoms with E-state index < -0.39 is 5.54 Å². The summed E-state index contributed by atoms with van der Waals surface area (Å²) in [5, 5.41) is 12.8. The molecule has 0 saturated carbocycles. The summed E-state index contributed by atoms with van der Waals surface area (Å²) in [5.41, 5.74) is 5.25. The Morgan fingerprint density at radius 3 is 1.98 bits per heavy atom. The number of thioether (sulfide) groups is 1. The second kappa shape index (κ2) is 11.6. The quantitative estimate of drug-likeness (QED) is 0.106. The van der Waals surface area contributed by atoms with Gasteiger partial charge in [0.15, 0.2) is 11.3 Å². The highest BCUT2D eigenvalue weighted by atomic mass is 79.9. The van der Waals surface area contributed by atoms with E-state index in [9.17, 15) is 0 Å². The molecule has 6 nitrogen and oxygen atoms in total. The second-order valence-corrected chi connectivity index (χ2v) is 11.2. The zero-order valence-electron chi connectivity index (χ0n) is 22.2. The van der Waals surface area contributed by atoms with Crippen molar-refractivity contribution in [2.24, 2.45) is 0 Å².